The highest BCUT2D eigenvalue weighted by molar-refractivity contribution is 6.01. The van der Waals surface area contributed by atoms with Crippen molar-refractivity contribution in [2.75, 3.05) is 25.0 Å². The van der Waals surface area contributed by atoms with Crippen LogP contribution in [-0.2, 0) is 20.9 Å². The predicted molar refractivity (Wildman–Crippen MR) is 120 cm³/mol. The number of piperidine rings is 1. The van der Waals surface area contributed by atoms with Gasteiger partial charge in [0, 0.05) is 44.7 Å². The highest BCUT2D eigenvalue weighted by atomic mass is 16.2. The monoisotopic (exact) mass is 444 g/mol. The van der Waals surface area contributed by atoms with Crippen molar-refractivity contribution in [3.63, 3.8) is 0 Å². The van der Waals surface area contributed by atoms with Crippen molar-refractivity contribution in [3.05, 3.63) is 54.2 Å². The molecule has 4 heterocycles. The van der Waals surface area contributed by atoms with Crippen LogP contribution in [0.25, 0.3) is 11.0 Å². The Balaban J connectivity index is 1.03. The van der Waals surface area contributed by atoms with E-state index in [0.717, 1.165) is 10.9 Å². The highest BCUT2D eigenvalue weighted by Crippen LogP contribution is 2.52. The first-order chi connectivity index (χ1) is 16.1. The van der Waals surface area contributed by atoms with Crippen LogP contribution in [0.5, 0.6) is 0 Å². The SMILES string of the molecule is O=C(Nc1[nH]nc2ncccc12)C1[C@H]2CN(C(=O)[C@H]3CC(=O)N(Cc4ccccc4)C3)C[C@H]12. The van der Waals surface area contributed by atoms with Gasteiger partial charge in [-0.05, 0) is 29.5 Å². The van der Waals surface area contributed by atoms with Gasteiger partial charge in [-0.1, -0.05) is 30.3 Å². The molecule has 3 fully saturated rings. The van der Waals surface area contributed by atoms with Crippen molar-refractivity contribution < 1.29 is 14.4 Å². The van der Waals surface area contributed by atoms with Crippen molar-refractivity contribution in [1.82, 2.24) is 25.0 Å². The summed E-state index contributed by atoms with van der Waals surface area (Å²) in [5.41, 5.74) is 1.63. The maximum absolute atomic E-state index is 13.1. The molecule has 1 aliphatic carbocycles. The number of amides is 3. The van der Waals surface area contributed by atoms with Gasteiger partial charge in [0.25, 0.3) is 0 Å². The quantitative estimate of drug-likeness (QED) is 0.622. The Kier molecular flexibility index (Phi) is 4.63. The number of H-pyrrole nitrogens is 1. The molecule has 6 rings (SSSR count). The molecule has 33 heavy (non-hydrogen) atoms. The van der Waals surface area contributed by atoms with Gasteiger partial charge >= 0.3 is 0 Å². The summed E-state index contributed by atoms with van der Waals surface area (Å²) in [6, 6.07) is 13.5. The van der Waals surface area contributed by atoms with E-state index in [2.05, 4.69) is 20.5 Å². The third kappa shape index (κ3) is 3.53. The van der Waals surface area contributed by atoms with E-state index in [9.17, 15) is 14.4 Å². The van der Waals surface area contributed by atoms with Crippen molar-refractivity contribution in [3.8, 4) is 0 Å². The van der Waals surface area contributed by atoms with Gasteiger partial charge in [0.05, 0.1) is 11.3 Å². The van der Waals surface area contributed by atoms with Gasteiger partial charge < -0.3 is 15.1 Å². The summed E-state index contributed by atoms with van der Waals surface area (Å²) in [7, 11) is 0. The second-order valence-corrected chi connectivity index (χ2v) is 9.22. The van der Waals surface area contributed by atoms with Crippen LogP contribution in [-0.4, -0.2) is 62.3 Å². The summed E-state index contributed by atoms with van der Waals surface area (Å²) in [4.78, 5) is 46.1. The molecule has 2 aliphatic heterocycles. The van der Waals surface area contributed by atoms with Crippen molar-refractivity contribution in [2.24, 2.45) is 23.7 Å². The third-order valence-corrected chi connectivity index (χ3v) is 7.17. The largest absolute Gasteiger partial charge is 0.342 e. The molecule has 0 bridgehead atoms. The number of carbonyl (C=O) groups excluding carboxylic acids is 3. The molecule has 168 valence electrons. The zero-order valence-corrected chi connectivity index (χ0v) is 18.0. The van der Waals surface area contributed by atoms with Gasteiger partial charge in [0.15, 0.2) is 5.65 Å². The van der Waals surface area contributed by atoms with Crippen LogP contribution >= 0.6 is 0 Å². The first-order valence-electron chi connectivity index (χ1n) is 11.3. The molecular formula is C24H24N6O3. The van der Waals surface area contributed by atoms with Gasteiger partial charge in [-0.3, -0.25) is 19.5 Å². The van der Waals surface area contributed by atoms with Gasteiger partial charge in [0.1, 0.15) is 5.82 Å². The zero-order chi connectivity index (χ0) is 22.5. The summed E-state index contributed by atoms with van der Waals surface area (Å²) >= 11 is 0. The minimum atomic E-state index is -0.296. The molecule has 3 aliphatic rings. The maximum Gasteiger partial charge on any atom is 0.229 e. The van der Waals surface area contributed by atoms with Crippen LogP contribution in [0, 0.1) is 23.7 Å². The normalized spacial score (nSPS) is 26.0. The van der Waals surface area contributed by atoms with E-state index in [4.69, 9.17) is 0 Å². The van der Waals surface area contributed by atoms with Crippen molar-refractivity contribution in [2.45, 2.75) is 13.0 Å². The van der Waals surface area contributed by atoms with E-state index >= 15 is 0 Å². The first-order valence-corrected chi connectivity index (χ1v) is 11.3. The van der Waals surface area contributed by atoms with E-state index in [0.29, 0.717) is 37.6 Å². The van der Waals surface area contributed by atoms with Crippen LogP contribution in [0.3, 0.4) is 0 Å². The van der Waals surface area contributed by atoms with Crippen LogP contribution in [0.2, 0.25) is 0 Å². The number of fused-ring (bicyclic) bond motifs is 2. The Morgan fingerprint density at radius 3 is 2.64 bits per heavy atom. The lowest BCUT2D eigenvalue weighted by atomic mass is 10.1. The predicted octanol–water partition coefficient (Wildman–Crippen LogP) is 1.65. The average Bonchev–Trinajstić information content (AvgIpc) is 3.17. The smallest absolute Gasteiger partial charge is 0.229 e. The molecule has 2 saturated heterocycles. The topological polar surface area (TPSA) is 111 Å². The summed E-state index contributed by atoms with van der Waals surface area (Å²) < 4.78 is 0. The Morgan fingerprint density at radius 1 is 1.06 bits per heavy atom. The standard InChI is InChI=1S/C24H24N6O3/c31-19-9-15(11-29(19)10-14-5-2-1-3-6-14)24(33)30-12-17-18(13-30)20(17)23(32)26-22-16-7-4-8-25-21(16)27-28-22/h1-8,15,17-18,20H,9-13H2,(H2,25,26,27,28,32)/t15-,17-,18-/m0/s1. The molecule has 9 heteroatoms. The summed E-state index contributed by atoms with van der Waals surface area (Å²) in [5.74, 6) is 0.549. The second-order valence-electron chi connectivity index (χ2n) is 9.22. The lowest BCUT2D eigenvalue weighted by molar-refractivity contribution is -0.136. The molecular weight excluding hydrogens is 420 g/mol. The molecule has 0 unspecified atom stereocenters. The molecule has 2 aromatic heterocycles. The molecule has 1 aromatic carbocycles. The molecule has 0 spiro atoms. The number of rotatable bonds is 5. The highest BCUT2D eigenvalue weighted by Gasteiger charge is 2.60. The fourth-order valence-electron chi connectivity index (χ4n) is 5.40. The number of carbonyl (C=O) groups is 3. The lowest BCUT2D eigenvalue weighted by Crippen LogP contribution is -2.38. The number of likely N-dealkylation sites (tertiary alicyclic amines) is 2. The van der Waals surface area contributed by atoms with Gasteiger partial charge in [-0.25, -0.2) is 4.98 Å². The first kappa shape index (κ1) is 19.9. The van der Waals surface area contributed by atoms with Crippen LogP contribution in [0.15, 0.2) is 48.7 Å². The van der Waals surface area contributed by atoms with Crippen LogP contribution < -0.4 is 5.32 Å². The Labute approximate surface area is 190 Å². The number of anilines is 1. The molecule has 0 radical (unpaired) electrons. The van der Waals surface area contributed by atoms with Gasteiger partial charge in [0.2, 0.25) is 17.7 Å². The Hall–Kier alpha value is -3.75. The van der Waals surface area contributed by atoms with E-state index < -0.39 is 0 Å². The average molecular weight is 444 g/mol. The fourth-order valence-corrected chi connectivity index (χ4v) is 5.40. The minimum absolute atomic E-state index is 0.0279. The molecule has 9 nitrogen and oxygen atoms in total. The number of hydrogen-bond donors (Lipinski definition) is 2. The van der Waals surface area contributed by atoms with E-state index in [1.807, 2.05) is 41.3 Å². The number of aromatic amines is 1. The number of nitrogens with zero attached hydrogens (tertiary/aromatic N) is 4. The molecule has 3 aromatic rings. The maximum atomic E-state index is 13.1. The zero-order valence-electron chi connectivity index (χ0n) is 18.0. The fraction of sp³-hybridized carbons (Fsp3) is 0.375. The Morgan fingerprint density at radius 2 is 1.85 bits per heavy atom. The molecule has 2 N–H and O–H groups in total. The molecule has 3 atom stereocenters. The molecule has 3 amide bonds. The minimum Gasteiger partial charge on any atom is -0.342 e. The summed E-state index contributed by atoms with van der Waals surface area (Å²) in [6.45, 7) is 2.16. The van der Waals surface area contributed by atoms with E-state index in [1.54, 1.807) is 17.2 Å². The van der Waals surface area contributed by atoms with Crippen LogP contribution in [0.1, 0.15) is 12.0 Å². The van der Waals surface area contributed by atoms with Crippen LogP contribution in [0.4, 0.5) is 5.82 Å². The number of aromatic nitrogens is 3. The number of benzene rings is 1. The summed E-state index contributed by atoms with van der Waals surface area (Å²) in [5, 5.41) is 10.7. The van der Waals surface area contributed by atoms with Gasteiger partial charge in [-0.15, -0.1) is 0 Å². The summed E-state index contributed by atoms with van der Waals surface area (Å²) in [6.07, 6.45) is 1.92. The number of nitrogens with one attached hydrogen (secondary N) is 2. The van der Waals surface area contributed by atoms with Crippen molar-refractivity contribution >= 4 is 34.6 Å². The van der Waals surface area contributed by atoms with E-state index in [-0.39, 0.29) is 47.8 Å². The van der Waals surface area contributed by atoms with Crippen molar-refractivity contribution in [1.29, 1.82) is 0 Å². The number of pyridine rings is 1. The number of hydrogen-bond acceptors (Lipinski definition) is 5. The van der Waals surface area contributed by atoms with Gasteiger partial charge in [-0.2, -0.15) is 5.10 Å². The lowest BCUT2D eigenvalue weighted by Gasteiger charge is -2.23. The third-order valence-electron chi connectivity index (χ3n) is 7.17. The van der Waals surface area contributed by atoms with E-state index in [1.165, 1.54) is 0 Å². The second kappa shape index (κ2) is 7.68. The molecule has 1 saturated carbocycles. The Bertz CT molecular complexity index is 1230.